The molecule has 0 fully saturated rings. The third-order valence-corrected chi connectivity index (χ3v) is 2.82. The summed E-state index contributed by atoms with van der Waals surface area (Å²) in [6, 6.07) is 3.97. The third kappa shape index (κ3) is 1.98. The molecule has 0 aliphatic carbocycles. The zero-order valence-corrected chi connectivity index (χ0v) is 8.99. The van der Waals surface area contributed by atoms with Crippen LogP contribution < -0.4 is 10.5 Å². The summed E-state index contributed by atoms with van der Waals surface area (Å²) in [6.45, 7) is 3.07. The Morgan fingerprint density at radius 1 is 1.53 bits per heavy atom. The highest BCUT2D eigenvalue weighted by molar-refractivity contribution is 5.45. The topological polar surface area (TPSA) is 55.5 Å². The maximum Gasteiger partial charge on any atom is 0.125 e. The van der Waals surface area contributed by atoms with Crippen LogP contribution in [0.15, 0.2) is 12.1 Å². The van der Waals surface area contributed by atoms with Crippen molar-refractivity contribution < 1.29 is 9.84 Å². The first-order valence-corrected chi connectivity index (χ1v) is 5.36. The Labute approximate surface area is 89.9 Å². The zero-order valence-electron chi connectivity index (χ0n) is 8.99. The minimum atomic E-state index is -0.559. The lowest BCUT2D eigenvalue weighted by Crippen LogP contribution is -2.14. The fourth-order valence-corrected chi connectivity index (χ4v) is 2.03. The Morgan fingerprint density at radius 2 is 2.33 bits per heavy atom. The van der Waals surface area contributed by atoms with Gasteiger partial charge in [0.05, 0.1) is 12.7 Å². The van der Waals surface area contributed by atoms with Gasteiger partial charge in [-0.05, 0) is 48.6 Å². The number of aryl methyl sites for hydroxylation is 2. The lowest BCUT2D eigenvalue weighted by Gasteiger charge is -2.21. The van der Waals surface area contributed by atoms with Gasteiger partial charge in [-0.15, -0.1) is 0 Å². The maximum absolute atomic E-state index is 9.69. The molecule has 1 aliphatic rings. The molecule has 1 heterocycles. The molecular weight excluding hydrogens is 190 g/mol. The molecule has 15 heavy (non-hydrogen) atoms. The molecule has 0 aromatic heterocycles. The van der Waals surface area contributed by atoms with E-state index in [1.165, 1.54) is 5.56 Å². The summed E-state index contributed by atoms with van der Waals surface area (Å²) < 4.78 is 5.61. The molecule has 0 amide bonds. The van der Waals surface area contributed by atoms with Gasteiger partial charge in [0, 0.05) is 6.54 Å². The van der Waals surface area contributed by atoms with Crippen LogP contribution in [0.3, 0.4) is 0 Å². The van der Waals surface area contributed by atoms with Crippen LogP contribution in [0.5, 0.6) is 5.75 Å². The predicted molar refractivity (Wildman–Crippen MR) is 59.0 cm³/mol. The van der Waals surface area contributed by atoms with E-state index in [1.807, 2.05) is 19.1 Å². The van der Waals surface area contributed by atoms with Crippen molar-refractivity contribution in [1.29, 1.82) is 0 Å². The Bertz CT molecular complexity index is 363. The predicted octanol–water partition coefficient (Wildman–Crippen LogP) is 1.31. The first-order valence-electron chi connectivity index (χ1n) is 5.36. The van der Waals surface area contributed by atoms with Gasteiger partial charge in [-0.25, -0.2) is 0 Å². The van der Waals surface area contributed by atoms with Gasteiger partial charge >= 0.3 is 0 Å². The van der Waals surface area contributed by atoms with Crippen LogP contribution in [0, 0.1) is 6.92 Å². The number of rotatable bonds is 2. The highest BCUT2D eigenvalue weighted by Gasteiger charge is 2.16. The fraction of sp³-hybridized carbons (Fsp3) is 0.500. The summed E-state index contributed by atoms with van der Waals surface area (Å²) in [5.41, 5.74) is 8.64. The highest BCUT2D eigenvalue weighted by atomic mass is 16.5. The van der Waals surface area contributed by atoms with Gasteiger partial charge in [-0.2, -0.15) is 0 Å². The molecule has 0 spiro atoms. The average molecular weight is 207 g/mol. The molecule has 82 valence electrons. The van der Waals surface area contributed by atoms with Crippen molar-refractivity contribution >= 4 is 0 Å². The van der Waals surface area contributed by atoms with E-state index in [0.717, 1.165) is 36.3 Å². The SMILES string of the molecule is Cc1cc(C(O)CN)cc2c1OCCC2. The van der Waals surface area contributed by atoms with Crippen molar-refractivity contribution in [2.75, 3.05) is 13.2 Å². The molecule has 1 aliphatic heterocycles. The van der Waals surface area contributed by atoms with Crippen molar-refractivity contribution in [3.63, 3.8) is 0 Å². The average Bonchev–Trinajstić information content (AvgIpc) is 2.28. The second kappa shape index (κ2) is 4.21. The number of hydrogen-bond acceptors (Lipinski definition) is 3. The van der Waals surface area contributed by atoms with Crippen molar-refractivity contribution in [3.05, 3.63) is 28.8 Å². The number of fused-ring (bicyclic) bond motifs is 1. The van der Waals surface area contributed by atoms with E-state index in [2.05, 4.69) is 0 Å². The van der Waals surface area contributed by atoms with Gasteiger partial charge in [0.1, 0.15) is 5.75 Å². The zero-order chi connectivity index (χ0) is 10.8. The van der Waals surface area contributed by atoms with Gasteiger partial charge < -0.3 is 15.6 Å². The van der Waals surface area contributed by atoms with Gasteiger partial charge in [0.25, 0.3) is 0 Å². The summed E-state index contributed by atoms with van der Waals surface area (Å²) in [7, 11) is 0. The number of nitrogens with two attached hydrogens (primary N) is 1. The summed E-state index contributed by atoms with van der Waals surface area (Å²) in [4.78, 5) is 0. The van der Waals surface area contributed by atoms with Crippen LogP contribution in [-0.4, -0.2) is 18.3 Å². The molecule has 0 saturated heterocycles. The lowest BCUT2D eigenvalue weighted by molar-refractivity contribution is 0.186. The smallest absolute Gasteiger partial charge is 0.125 e. The fourth-order valence-electron chi connectivity index (χ4n) is 2.03. The summed E-state index contributed by atoms with van der Waals surface area (Å²) in [6.07, 6.45) is 1.52. The molecule has 0 bridgehead atoms. The van der Waals surface area contributed by atoms with Gasteiger partial charge in [-0.1, -0.05) is 0 Å². The quantitative estimate of drug-likeness (QED) is 0.768. The lowest BCUT2D eigenvalue weighted by atomic mass is 9.97. The molecule has 3 nitrogen and oxygen atoms in total. The van der Waals surface area contributed by atoms with Crippen molar-refractivity contribution in [1.82, 2.24) is 0 Å². The third-order valence-electron chi connectivity index (χ3n) is 2.82. The highest BCUT2D eigenvalue weighted by Crippen LogP contribution is 2.31. The molecule has 1 atom stereocenters. The van der Waals surface area contributed by atoms with E-state index >= 15 is 0 Å². The van der Waals surface area contributed by atoms with Crippen molar-refractivity contribution in [3.8, 4) is 5.75 Å². The normalized spacial score (nSPS) is 16.7. The second-order valence-corrected chi connectivity index (χ2v) is 4.03. The van der Waals surface area contributed by atoms with Crippen LogP contribution in [0.25, 0.3) is 0 Å². The first-order chi connectivity index (χ1) is 7.22. The standard InChI is InChI=1S/C12H17NO2/c1-8-5-10(11(14)7-13)6-9-3-2-4-15-12(8)9/h5-6,11,14H,2-4,7,13H2,1H3. The minimum Gasteiger partial charge on any atom is -0.493 e. The second-order valence-electron chi connectivity index (χ2n) is 4.03. The molecule has 3 heteroatoms. The van der Waals surface area contributed by atoms with Crippen molar-refractivity contribution in [2.24, 2.45) is 5.73 Å². The number of ether oxygens (including phenoxy) is 1. The largest absolute Gasteiger partial charge is 0.493 e. The summed E-state index contributed by atoms with van der Waals surface area (Å²) >= 11 is 0. The van der Waals surface area contributed by atoms with E-state index in [0.29, 0.717) is 0 Å². The van der Waals surface area contributed by atoms with E-state index in [9.17, 15) is 5.11 Å². The Kier molecular flexibility index (Phi) is 2.93. The van der Waals surface area contributed by atoms with Crippen LogP contribution in [0.1, 0.15) is 29.2 Å². The number of benzene rings is 1. The van der Waals surface area contributed by atoms with E-state index in [4.69, 9.17) is 10.5 Å². The molecule has 1 aromatic rings. The number of aliphatic hydroxyl groups is 1. The molecule has 3 N–H and O–H groups in total. The monoisotopic (exact) mass is 207 g/mol. The Morgan fingerprint density at radius 3 is 3.07 bits per heavy atom. The Hall–Kier alpha value is -1.06. The molecule has 1 unspecified atom stereocenters. The van der Waals surface area contributed by atoms with Crippen LogP contribution in [0.2, 0.25) is 0 Å². The van der Waals surface area contributed by atoms with E-state index in [-0.39, 0.29) is 6.54 Å². The molecule has 0 radical (unpaired) electrons. The molecule has 2 rings (SSSR count). The van der Waals surface area contributed by atoms with E-state index in [1.54, 1.807) is 0 Å². The van der Waals surface area contributed by atoms with Gasteiger partial charge in [0.2, 0.25) is 0 Å². The Balaban J connectivity index is 2.40. The van der Waals surface area contributed by atoms with Crippen molar-refractivity contribution in [2.45, 2.75) is 25.9 Å². The first kappa shape index (κ1) is 10.5. The van der Waals surface area contributed by atoms with E-state index < -0.39 is 6.10 Å². The summed E-state index contributed by atoms with van der Waals surface area (Å²) in [5, 5.41) is 9.69. The minimum absolute atomic E-state index is 0.263. The summed E-state index contributed by atoms with van der Waals surface area (Å²) in [5.74, 6) is 0.995. The van der Waals surface area contributed by atoms with Crippen LogP contribution >= 0.6 is 0 Å². The number of aliphatic hydroxyl groups excluding tert-OH is 1. The molecule has 1 aromatic carbocycles. The maximum atomic E-state index is 9.69. The van der Waals surface area contributed by atoms with Crippen LogP contribution in [0.4, 0.5) is 0 Å². The molecule has 0 saturated carbocycles. The van der Waals surface area contributed by atoms with Crippen LogP contribution in [-0.2, 0) is 6.42 Å². The number of hydrogen-bond donors (Lipinski definition) is 2. The van der Waals surface area contributed by atoms with Gasteiger partial charge in [-0.3, -0.25) is 0 Å². The molecular formula is C12H17NO2. The van der Waals surface area contributed by atoms with Gasteiger partial charge in [0.15, 0.2) is 0 Å².